The molecule has 3 saturated heterocycles. The van der Waals surface area contributed by atoms with Gasteiger partial charge in [-0.3, -0.25) is 9.69 Å². The molecule has 2 aromatic rings. The summed E-state index contributed by atoms with van der Waals surface area (Å²) in [4.78, 5) is 25.3. The molecule has 142 valence electrons. The second-order valence-electron chi connectivity index (χ2n) is 6.69. The standard InChI is InChI=1S/C18H19F2N5OS/c1-27-18-21-5-4-16(23-18)24-8-12-7-13(9-24)25(12)10-17(26)22-15-3-2-11(19)6-14(15)20/h2-6,12-13H,7-10H2,1H3,(H,22,26). The summed E-state index contributed by atoms with van der Waals surface area (Å²) in [7, 11) is 0. The first kappa shape index (κ1) is 18.1. The number of piperazine rings is 1. The molecule has 27 heavy (non-hydrogen) atoms. The predicted octanol–water partition coefficient (Wildman–Crippen LogP) is 2.38. The van der Waals surface area contributed by atoms with E-state index in [-0.39, 0.29) is 30.2 Å². The van der Waals surface area contributed by atoms with E-state index < -0.39 is 11.6 Å². The van der Waals surface area contributed by atoms with E-state index in [0.29, 0.717) is 0 Å². The molecule has 3 aliphatic rings. The van der Waals surface area contributed by atoms with Gasteiger partial charge in [0.15, 0.2) is 5.16 Å². The van der Waals surface area contributed by atoms with E-state index in [0.717, 1.165) is 42.6 Å². The van der Waals surface area contributed by atoms with Crippen molar-refractivity contribution in [2.75, 3.05) is 36.1 Å². The number of rotatable bonds is 5. The van der Waals surface area contributed by atoms with Gasteiger partial charge in [-0.1, -0.05) is 11.8 Å². The van der Waals surface area contributed by atoms with Crippen LogP contribution < -0.4 is 10.2 Å². The lowest BCUT2D eigenvalue weighted by molar-refractivity contribution is -0.121. The zero-order chi connectivity index (χ0) is 19.0. The highest BCUT2D eigenvalue weighted by Gasteiger charge is 2.45. The molecule has 5 rings (SSSR count). The van der Waals surface area contributed by atoms with Gasteiger partial charge in [-0.25, -0.2) is 18.7 Å². The average molecular weight is 391 g/mol. The number of fused-ring (bicyclic) bond motifs is 2. The van der Waals surface area contributed by atoms with Crippen LogP contribution >= 0.6 is 11.8 Å². The summed E-state index contributed by atoms with van der Waals surface area (Å²) in [5.41, 5.74) is -0.000657. The molecule has 3 aliphatic heterocycles. The normalized spacial score (nSPS) is 21.7. The third-order valence-electron chi connectivity index (χ3n) is 5.00. The third-order valence-corrected chi connectivity index (χ3v) is 5.56. The molecule has 1 aromatic heterocycles. The zero-order valence-corrected chi connectivity index (χ0v) is 15.5. The zero-order valence-electron chi connectivity index (χ0n) is 14.7. The molecule has 4 heterocycles. The SMILES string of the molecule is CSc1nccc(N2CC3CC(C2)N3CC(=O)Nc2ccc(F)cc2F)n1. The number of carbonyl (C=O) groups excluding carboxylic acids is 1. The number of nitrogens with one attached hydrogen (secondary N) is 1. The van der Waals surface area contributed by atoms with E-state index in [2.05, 4.69) is 25.1 Å². The number of thioether (sulfide) groups is 1. The molecule has 1 amide bonds. The van der Waals surface area contributed by atoms with Crippen molar-refractivity contribution in [3.05, 3.63) is 42.1 Å². The highest BCUT2D eigenvalue weighted by atomic mass is 32.2. The third kappa shape index (κ3) is 3.74. The maximum Gasteiger partial charge on any atom is 0.238 e. The fourth-order valence-electron chi connectivity index (χ4n) is 3.69. The topological polar surface area (TPSA) is 61.4 Å². The van der Waals surface area contributed by atoms with Gasteiger partial charge in [0.25, 0.3) is 0 Å². The second-order valence-corrected chi connectivity index (χ2v) is 7.47. The first-order valence-corrected chi connectivity index (χ1v) is 9.88. The molecule has 0 spiro atoms. The molecule has 2 atom stereocenters. The number of halogens is 2. The van der Waals surface area contributed by atoms with Crippen LogP contribution in [-0.2, 0) is 4.79 Å². The first-order chi connectivity index (χ1) is 13.0. The van der Waals surface area contributed by atoms with Crippen molar-refractivity contribution in [1.82, 2.24) is 14.9 Å². The molecule has 1 N–H and O–H groups in total. The largest absolute Gasteiger partial charge is 0.353 e. The van der Waals surface area contributed by atoms with Crippen molar-refractivity contribution in [3.8, 4) is 0 Å². The van der Waals surface area contributed by atoms with Crippen molar-refractivity contribution in [3.63, 3.8) is 0 Å². The lowest BCUT2D eigenvalue weighted by atomic mass is 9.87. The molecule has 9 heteroatoms. The number of nitrogens with zero attached hydrogens (tertiary/aromatic N) is 4. The summed E-state index contributed by atoms with van der Waals surface area (Å²) >= 11 is 1.50. The highest BCUT2D eigenvalue weighted by Crippen LogP contribution is 2.34. The molecular weight excluding hydrogens is 372 g/mol. The Morgan fingerprint density at radius 3 is 2.78 bits per heavy atom. The summed E-state index contributed by atoms with van der Waals surface area (Å²) in [6, 6.07) is 5.55. The number of hydrogen-bond donors (Lipinski definition) is 1. The molecule has 1 aromatic carbocycles. The van der Waals surface area contributed by atoms with Gasteiger partial charge in [0, 0.05) is 37.4 Å². The Labute approximate surface area is 160 Å². The Hall–Kier alpha value is -2.26. The van der Waals surface area contributed by atoms with Gasteiger partial charge >= 0.3 is 0 Å². The summed E-state index contributed by atoms with van der Waals surface area (Å²) < 4.78 is 26.6. The van der Waals surface area contributed by atoms with Crippen LogP contribution in [0.25, 0.3) is 0 Å². The minimum absolute atomic E-state index is 0.000657. The molecule has 2 unspecified atom stereocenters. The lowest BCUT2D eigenvalue weighted by Gasteiger charge is -2.56. The maximum atomic E-state index is 13.7. The lowest BCUT2D eigenvalue weighted by Crippen LogP contribution is -2.69. The summed E-state index contributed by atoms with van der Waals surface area (Å²) in [6.45, 7) is 1.78. The molecular formula is C18H19F2N5OS. The van der Waals surface area contributed by atoms with Crippen LogP contribution in [0.1, 0.15) is 6.42 Å². The van der Waals surface area contributed by atoms with E-state index in [1.807, 2.05) is 12.3 Å². The Morgan fingerprint density at radius 1 is 1.30 bits per heavy atom. The molecule has 0 radical (unpaired) electrons. The van der Waals surface area contributed by atoms with Crippen LogP contribution in [0.5, 0.6) is 0 Å². The van der Waals surface area contributed by atoms with E-state index in [1.165, 1.54) is 17.8 Å². The second kappa shape index (κ2) is 7.40. The Morgan fingerprint density at radius 2 is 2.07 bits per heavy atom. The monoisotopic (exact) mass is 391 g/mol. The van der Waals surface area contributed by atoms with Gasteiger partial charge in [0.05, 0.1) is 12.2 Å². The van der Waals surface area contributed by atoms with Crippen molar-refractivity contribution in [2.24, 2.45) is 0 Å². The summed E-state index contributed by atoms with van der Waals surface area (Å²) in [5.74, 6) is -0.833. The van der Waals surface area contributed by atoms with Crippen molar-refractivity contribution >= 4 is 29.2 Å². The van der Waals surface area contributed by atoms with Crippen LogP contribution in [0, 0.1) is 11.6 Å². The number of anilines is 2. The van der Waals surface area contributed by atoms with Crippen LogP contribution in [0.4, 0.5) is 20.3 Å². The van der Waals surface area contributed by atoms with Crippen LogP contribution in [0.2, 0.25) is 0 Å². The van der Waals surface area contributed by atoms with E-state index in [4.69, 9.17) is 0 Å². The quantitative estimate of drug-likeness (QED) is 0.624. The smallest absolute Gasteiger partial charge is 0.238 e. The number of hydrogen-bond acceptors (Lipinski definition) is 6. The number of piperidine rings is 1. The maximum absolute atomic E-state index is 13.7. The van der Waals surface area contributed by atoms with Gasteiger partial charge in [0.2, 0.25) is 5.91 Å². The van der Waals surface area contributed by atoms with E-state index >= 15 is 0 Å². The summed E-state index contributed by atoms with van der Waals surface area (Å²) in [6.07, 6.45) is 4.74. The molecule has 3 fully saturated rings. The molecule has 6 nitrogen and oxygen atoms in total. The van der Waals surface area contributed by atoms with Gasteiger partial charge in [-0.05, 0) is 30.9 Å². The fraction of sp³-hybridized carbons (Fsp3) is 0.389. The number of amides is 1. The fourth-order valence-corrected chi connectivity index (χ4v) is 4.04. The molecule has 0 aliphatic carbocycles. The number of benzene rings is 1. The van der Waals surface area contributed by atoms with Crippen LogP contribution in [-0.4, -0.2) is 58.7 Å². The summed E-state index contributed by atoms with van der Waals surface area (Å²) in [5, 5.41) is 3.26. The number of aromatic nitrogens is 2. The van der Waals surface area contributed by atoms with Crippen LogP contribution in [0.15, 0.2) is 35.6 Å². The minimum Gasteiger partial charge on any atom is -0.353 e. The Bertz CT molecular complexity index is 855. The Kier molecular flexibility index (Phi) is 4.96. The number of carbonyl (C=O) groups is 1. The average Bonchev–Trinajstić information content (AvgIpc) is 2.68. The van der Waals surface area contributed by atoms with Crippen LogP contribution in [0.3, 0.4) is 0 Å². The predicted molar refractivity (Wildman–Crippen MR) is 99.9 cm³/mol. The van der Waals surface area contributed by atoms with Gasteiger partial charge in [0.1, 0.15) is 17.5 Å². The molecule has 2 bridgehead atoms. The van der Waals surface area contributed by atoms with Gasteiger partial charge in [-0.2, -0.15) is 0 Å². The van der Waals surface area contributed by atoms with E-state index in [1.54, 1.807) is 6.20 Å². The minimum atomic E-state index is -0.772. The van der Waals surface area contributed by atoms with Gasteiger partial charge in [-0.15, -0.1) is 0 Å². The van der Waals surface area contributed by atoms with Crippen molar-refractivity contribution < 1.29 is 13.6 Å². The van der Waals surface area contributed by atoms with E-state index in [9.17, 15) is 13.6 Å². The Balaban J connectivity index is 1.35. The highest BCUT2D eigenvalue weighted by molar-refractivity contribution is 7.98. The first-order valence-electron chi connectivity index (χ1n) is 8.66. The van der Waals surface area contributed by atoms with Crippen molar-refractivity contribution in [1.29, 1.82) is 0 Å². The van der Waals surface area contributed by atoms with Gasteiger partial charge < -0.3 is 10.2 Å². The molecule has 0 saturated carbocycles. The van der Waals surface area contributed by atoms with Crippen molar-refractivity contribution in [2.45, 2.75) is 23.7 Å².